The molecule has 0 N–H and O–H groups in total. The summed E-state index contributed by atoms with van der Waals surface area (Å²) in [5.74, 6) is 0. The average Bonchev–Trinajstić information content (AvgIpc) is 2.38. The van der Waals surface area contributed by atoms with Crippen molar-refractivity contribution >= 4 is 22.7 Å². The van der Waals surface area contributed by atoms with E-state index in [1.807, 2.05) is 43.5 Å². The Morgan fingerprint density at radius 1 is 1.29 bits per heavy atom. The number of rotatable bonds is 3. The fourth-order valence-corrected chi connectivity index (χ4v) is 1.67. The number of aliphatic imine (C=N–C) groups is 1. The second-order valence-electron chi connectivity index (χ2n) is 3.59. The number of allylic oxidation sites excluding steroid dienone is 2. The molecule has 1 heterocycles. The SMILES string of the molecule is C=C/C=C(\N=CC)c1cc2ccccc2cn1. The Balaban J connectivity index is 2.54. The molecule has 0 radical (unpaired) electrons. The van der Waals surface area contributed by atoms with Crippen LogP contribution in [0.5, 0.6) is 0 Å². The van der Waals surface area contributed by atoms with Crippen LogP contribution < -0.4 is 0 Å². The molecule has 0 unspecified atom stereocenters. The first kappa shape index (κ1) is 11.3. The minimum absolute atomic E-state index is 0.827. The van der Waals surface area contributed by atoms with E-state index >= 15 is 0 Å². The molecule has 0 atom stereocenters. The zero-order chi connectivity index (χ0) is 12.1. The van der Waals surface area contributed by atoms with Gasteiger partial charge in [0.25, 0.3) is 0 Å². The van der Waals surface area contributed by atoms with Crippen molar-refractivity contribution in [1.82, 2.24) is 4.98 Å². The van der Waals surface area contributed by atoms with Gasteiger partial charge in [-0.1, -0.05) is 36.9 Å². The Bertz CT molecular complexity index is 595. The number of aromatic nitrogens is 1. The first-order chi connectivity index (χ1) is 8.35. The molecule has 2 heteroatoms. The van der Waals surface area contributed by atoms with Crippen LogP contribution in [0.15, 0.2) is 60.3 Å². The van der Waals surface area contributed by atoms with Crippen LogP contribution in [-0.4, -0.2) is 11.2 Å². The van der Waals surface area contributed by atoms with Gasteiger partial charge >= 0.3 is 0 Å². The molecule has 0 saturated heterocycles. The highest BCUT2D eigenvalue weighted by atomic mass is 14.8. The lowest BCUT2D eigenvalue weighted by atomic mass is 10.1. The number of pyridine rings is 1. The standard InChI is InChI=1S/C15H14N2/c1-3-7-14(16-4-2)15-10-12-8-5-6-9-13(12)11-17-15/h3-11H,1H2,2H3/b14-7-,16-4?. The molecular weight excluding hydrogens is 208 g/mol. The van der Waals surface area contributed by atoms with Crippen LogP contribution >= 0.6 is 0 Å². The number of hydrogen-bond donors (Lipinski definition) is 0. The van der Waals surface area contributed by atoms with Gasteiger partial charge in [0.2, 0.25) is 0 Å². The second kappa shape index (κ2) is 5.21. The Morgan fingerprint density at radius 3 is 2.76 bits per heavy atom. The lowest BCUT2D eigenvalue weighted by Crippen LogP contribution is -1.87. The molecule has 2 rings (SSSR count). The van der Waals surface area contributed by atoms with E-state index in [0.717, 1.165) is 16.8 Å². The molecule has 0 saturated carbocycles. The zero-order valence-electron chi connectivity index (χ0n) is 9.80. The van der Waals surface area contributed by atoms with Crippen LogP contribution in [0.1, 0.15) is 12.6 Å². The Kier molecular flexibility index (Phi) is 3.46. The summed E-state index contributed by atoms with van der Waals surface area (Å²) in [7, 11) is 0. The largest absolute Gasteiger partial charge is 0.259 e. The van der Waals surface area contributed by atoms with E-state index in [-0.39, 0.29) is 0 Å². The molecule has 2 nitrogen and oxygen atoms in total. The molecule has 1 aromatic heterocycles. The maximum atomic E-state index is 4.41. The van der Waals surface area contributed by atoms with Crippen molar-refractivity contribution in [3.63, 3.8) is 0 Å². The van der Waals surface area contributed by atoms with E-state index in [9.17, 15) is 0 Å². The molecule has 0 aliphatic heterocycles. The summed E-state index contributed by atoms with van der Waals surface area (Å²) in [6.07, 6.45) is 7.20. The predicted molar refractivity (Wildman–Crippen MR) is 74.1 cm³/mol. The van der Waals surface area contributed by atoms with E-state index in [0.29, 0.717) is 0 Å². The summed E-state index contributed by atoms with van der Waals surface area (Å²) in [5.41, 5.74) is 1.69. The number of hydrogen-bond acceptors (Lipinski definition) is 2. The van der Waals surface area contributed by atoms with Gasteiger partial charge in [-0.25, -0.2) is 0 Å². The van der Waals surface area contributed by atoms with E-state index in [2.05, 4.69) is 22.6 Å². The predicted octanol–water partition coefficient (Wildman–Crippen LogP) is 3.85. The Hall–Kier alpha value is -2.22. The van der Waals surface area contributed by atoms with Crippen molar-refractivity contribution in [3.8, 4) is 0 Å². The molecule has 84 valence electrons. The third-order valence-corrected chi connectivity index (χ3v) is 2.44. The highest BCUT2D eigenvalue weighted by molar-refractivity contribution is 5.85. The normalized spacial score (nSPS) is 12.2. The Morgan fingerprint density at radius 2 is 2.06 bits per heavy atom. The summed E-state index contributed by atoms with van der Waals surface area (Å²) in [6, 6.07) is 10.2. The van der Waals surface area contributed by atoms with Crippen molar-refractivity contribution in [2.45, 2.75) is 6.92 Å². The van der Waals surface area contributed by atoms with Gasteiger partial charge in [-0.3, -0.25) is 9.98 Å². The molecule has 0 bridgehead atoms. The lowest BCUT2D eigenvalue weighted by Gasteiger charge is -2.02. The summed E-state index contributed by atoms with van der Waals surface area (Å²) in [6.45, 7) is 5.58. The quantitative estimate of drug-likeness (QED) is 0.572. The molecule has 0 aliphatic rings. The van der Waals surface area contributed by atoms with Crippen LogP contribution in [0.2, 0.25) is 0 Å². The second-order valence-corrected chi connectivity index (χ2v) is 3.59. The summed E-state index contributed by atoms with van der Waals surface area (Å²) >= 11 is 0. The third kappa shape index (κ3) is 2.48. The van der Waals surface area contributed by atoms with Gasteiger partial charge in [0.1, 0.15) is 0 Å². The molecule has 0 amide bonds. The topological polar surface area (TPSA) is 25.2 Å². The van der Waals surface area contributed by atoms with Crippen molar-refractivity contribution in [2.24, 2.45) is 4.99 Å². The number of benzene rings is 1. The van der Waals surface area contributed by atoms with E-state index in [1.165, 1.54) is 5.39 Å². The van der Waals surface area contributed by atoms with Crippen LogP contribution in [-0.2, 0) is 0 Å². The zero-order valence-corrected chi connectivity index (χ0v) is 9.80. The maximum absolute atomic E-state index is 4.41. The van der Waals surface area contributed by atoms with E-state index < -0.39 is 0 Å². The maximum Gasteiger partial charge on any atom is 0.0892 e. The van der Waals surface area contributed by atoms with Gasteiger partial charge in [-0.2, -0.15) is 0 Å². The van der Waals surface area contributed by atoms with Crippen LogP contribution in [0.25, 0.3) is 16.5 Å². The third-order valence-electron chi connectivity index (χ3n) is 2.44. The summed E-state index contributed by atoms with van der Waals surface area (Å²) in [4.78, 5) is 8.71. The van der Waals surface area contributed by atoms with Crippen molar-refractivity contribution in [3.05, 3.63) is 61.0 Å². The average molecular weight is 222 g/mol. The van der Waals surface area contributed by atoms with Gasteiger partial charge < -0.3 is 0 Å². The lowest BCUT2D eigenvalue weighted by molar-refractivity contribution is 1.28. The van der Waals surface area contributed by atoms with Gasteiger partial charge in [0.05, 0.1) is 11.4 Å². The minimum atomic E-state index is 0.827. The highest BCUT2D eigenvalue weighted by Crippen LogP contribution is 2.19. The fourth-order valence-electron chi connectivity index (χ4n) is 1.67. The van der Waals surface area contributed by atoms with E-state index in [1.54, 1.807) is 12.3 Å². The van der Waals surface area contributed by atoms with Crippen molar-refractivity contribution in [1.29, 1.82) is 0 Å². The molecular formula is C15H14N2. The highest BCUT2D eigenvalue weighted by Gasteiger charge is 2.01. The molecule has 0 aliphatic carbocycles. The van der Waals surface area contributed by atoms with Gasteiger partial charge in [-0.15, -0.1) is 0 Å². The van der Waals surface area contributed by atoms with Crippen LogP contribution in [0, 0.1) is 0 Å². The van der Waals surface area contributed by atoms with Gasteiger partial charge in [0.15, 0.2) is 0 Å². The molecule has 0 spiro atoms. The first-order valence-electron chi connectivity index (χ1n) is 5.51. The molecule has 2 aromatic rings. The van der Waals surface area contributed by atoms with Gasteiger partial charge in [-0.05, 0) is 24.5 Å². The Labute approximate surface area is 101 Å². The van der Waals surface area contributed by atoms with Crippen LogP contribution in [0.3, 0.4) is 0 Å². The van der Waals surface area contributed by atoms with Crippen molar-refractivity contribution in [2.75, 3.05) is 0 Å². The smallest absolute Gasteiger partial charge is 0.0892 e. The first-order valence-corrected chi connectivity index (χ1v) is 5.51. The number of fused-ring (bicyclic) bond motifs is 1. The van der Waals surface area contributed by atoms with Crippen molar-refractivity contribution < 1.29 is 0 Å². The monoisotopic (exact) mass is 222 g/mol. The summed E-state index contributed by atoms with van der Waals surface area (Å²) < 4.78 is 0. The van der Waals surface area contributed by atoms with Crippen LogP contribution in [0.4, 0.5) is 0 Å². The van der Waals surface area contributed by atoms with E-state index in [4.69, 9.17) is 0 Å². The fraction of sp³-hybridized carbons (Fsp3) is 0.0667. The molecule has 0 fully saturated rings. The number of nitrogens with zero attached hydrogens (tertiary/aromatic N) is 2. The molecule has 1 aromatic carbocycles. The molecule has 17 heavy (non-hydrogen) atoms. The minimum Gasteiger partial charge on any atom is -0.259 e. The van der Waals surface area contributed by atoms with Gasteiger partial charge in [0, 0.05) is 17.8 Å². The summed E-state index contributed by atoms with van der Waals surface area (Å²) in [5, 5.41) is 2.30.